The van der Waals surface area contributed by atoms with E-state index in [2.05, 4.69) is 5.32 Å². The van der Waals surface area contributed by atoms with Gasteiger partial charge in [0.15, 0.2) is 0 Å². The van der Waals surface area contributed by atoms with E-state index in [4.69, 9.17) is 0 Å². The third-order valence-electron chi connectivity index (χ3n) is 0.753. The Morgan fingerprint density at radius 3 is 2.14 bits per heavy atom. The summed E-state index contributed by atoms with van der Waals surface area (Å²) in [5.74, 6) is 0. The molecule has 0 fully saturated rings. The molecule has 1 rings (SSSR count). The van der Waals surface area contributed by atoms with Crippen LogP contribution in [0.4, 0.5) is 4.39 Å². The fraction of sp³-hybridized carbons (Fsp3) is 0.200. The highest BCUT2D eigenvalue weighted by Gasteiger charge is 1.94. The van der Waals surface area contributed by atoms with Gasteiger partial charge >= 0.3 is 0 Å². The SMILES string of the molecule is FC1C=CNC=C1. The molecular weight excluding hydrogens is 93.1 g/mol. The first-order valence-corrected chi connectivity index (χ1v) is 2.13. The molecule has 0 amide bonds. The number of allylic oxidation sites excluding steroid dienone is 2. The third-order valence-corrected chi connectivity index (χ3v) is 0.753. The number of dihydropyridines is 1. The van der Waals surface area contributed by atoms with E-state index in [0.717, 1.165) is 0 Å². The topological polar surface area (TPSA) is 12.0 Å². The average Bonchev–Trinajstić information content (AvgIpc) is 1.69. The predicted molar refractivity (Wildman–Crippen MR) is 26.3 cm³/mol. The fourth-order valence-corrected chi connectivity index (χ4v) is 0.415. The smallest absolute Gasteiger partial charge is 0.140 e. The number of hydrogen-bond donors (Lipinski definition) is 1. The van der Waals surface area contributed by atoms with Gasteiger partial charge in [-0.15, -0.1) is 0 Å². The third kappa shape index (κ3) is 1.03. The van der Waals surface area contributed by atoms with Crippen LogP contribution < -0.4 is 5.32 Å². The lowest BCUT2D eigenvalue weighted by molar-refractivity contribution is 0.463. The van der Waals surface area contributed by atoms with Gasteiger partial charge in [-0.2, -0.15) is 0 Å². The Balaban J connectivity index is 2.49. The summed E-state index contributed by atoms with van der Waals surface area (Å²) in [4.78, 5) is 0. The summed E-state index contributed by atoms with van der Waals surface area (Å²) in [6.45, 7) is 0. The van der Waals surface area contributed by atoms with Crippen LogP contribution in [0.5, 0.6) is 0 Å². The Hall–Kier alpha value is -0.790. The molecule has 0 radical (unpaired) electrons. The quantitative estimate of drug-likeness (QED) is 0.477. The average molecular weight is 99.1 g/mol. The molecule has 0 atom stereocenters. The van der Waals surface area contributed by atoms with Crippen LogP contribution in [0, 0.1) is 0 Å². The Kier molecular flexibility index (Phi) is 1.11. The number of halogens is 1. The number of nitrogens with one attached hydrogen (secondary N) is 1. The molecular formula is C5H6FN. The highest BCUT2D eigenvalue weighted by Crippen LogP contribution is 1.96. The van der Waals surface area contributed by atoms with E-state index in [1.165, 1.54) is 12.2 Å². The van der Waals surface area contributed by atoms with E-state index in [0.29, 0.717) is 0 Å². The van der Waals surface area contributed by atoms with Crippen molar-refractivity contribution in [1.29, 1.82) is 0 Å². The highest BCUT2D eigenvalue weighted by molar-refractivity contribution is 5.06. The first-order chi connectivity index (χ1) is 3.39. The summed E-state index contributed by atoms with van der Waals surface area (Å²) in [6, 6.07) is 0. The van der Waals surface area contributed by atoms with Gasteiger partial charge in [0, 0.05) is 0 Å². The zero-order chi connectivity index (χ0) is 5.11. The van der Waals surface area contributed by atoms with Gasteiger partial charge < -0.3 is 5.32 Å². The Bertz CT molecular complexity index is 94.6. The van der Waals surface area contributed by atoms with Crippen LogP contribution in [0.15, 0.2) is 24.6 Å². The van der Waals surface area contributed by atoms with Gasteiger partial charge in [0.25, 0.3) is 0 Å². The maximum atomic E-state index is 12.0. The van der Waals surface area contributed by atoms with Crippen LogP contribution in [-0.2, 0) is 0 Å². The van der Waals surface area contributed by atoms with E-state index >= 15 is 0 Å². The molecule has 7 heavy (non-hydrogen) atoms. The van der Waals surface area contributed by atoms with Gasteiger partial charge in [-0.1, -0.05) is 0 Å². The van der Waals surface area contributed by atoms with Gasteiger partial charge in [0.05, 0.1) is 0 Å². The largest absolute Gasteiger partial charge is 0.368 e. The molecule has 0 unspecified atom stereocenters. The summed E-state index contributed by atoms with van der Waals surface area (Å²) in [5, 5.41) is 2.71. The summed E-state index contributed by atoms with van der Waals surface area (Å²) in [7, 11) is 0. The molecule has 1 nitrogen and oxygen atoms in total. The van der Waals surface area contributed by atoms with Crippen LogP contribution in [0.2, 0.25) is 0 Å². The van der Waals surface area contributed by atoms with Crippen molar-refractivity contribution in [1.82, 2.24) is 5.32 Å². The zero-order valence-corrected chi connectivity index (χ0v) is 3.76. The molecule has 1 heterocycles. The molecule has 0 aromatic heterocycles. The predicted octanol–water partition coefficient (Wildman–Crippen LogP) is 0.955. The lowest BCUT2D eigenvalue weighted by Gasteiger charge is -1.98. The molecule has 0 bridgehead atoms. The van der Waals surface area contributed by atoms with Gasteiger partial charge in [-0.25, -0.2) is 4.39 Å². The Morgan fingerprint density at radius 2 is 1.86 bits per heavy atom. The molecule has 2 heteroatoms. The number of alkyl halides is 1. The normalized spacial score (nSPS) is 19.6. The zero-order valence-electron chi connectivity index (χ0n) is 3.76. The molecule has 0 aromatic carbocycles. The molecule has 0 aromatic rings. The minimum absolute atomic E-state index is 0.888. The second kappa shape index (κ2) is 1.78. The van der Waals surface area contributed by atoms with Crippen LogP contribution in [0.1, 0.15) is 0 Å². The minimum atomic E-state index is -0.888. The van der Waals surface area contributed by atoms with Crippen molar-refractivity contribution in [2.45, 2.75) is 6.17 Å². The molecule has 1 N–H and O–H groups in total. The standard InChI is InChI=1S/C5H6FN/c6-5-1-3-7-4-2-5/h1-5,7H. The summed E-state index contributed by atoms with van der Waals surface area (Å²) in [5.41, 5.74) is 0. The van der Waals surface area contributed by atoms with E-state index in [1.54, 1.807) is 12.4 Å². The maximum absolute atomic E-state index is 12.0. The van der Waals surface area contributed by atoms with Crippen molar-refractivity contribution in [3.05, 3.63) is 24.6 Å². The van der Waals surface area contributed by atoms with Crippen molar-refractivity contribution >= 4 is 0 Å². The summed E-state index contributed by atoms with van der Waals surface area (Å²) < 4.78 is 12.0. The van der Waals surface area contributed by atoms with E-state index in [9.17, 15) is 4.39 Å². The molecule has 1 aliphatic heterocycles. The highest BCUT2D eigenvalue weighted by atomic mass is 19.1. The monoisotopic (exact) mass is 99.0 g/mol. The lowest BCUT2D eigenvalue weighted by atomic mass is 10.3. The second-order valence-corrected chi connectivity index (χ2v) is 1.33. The van der Waals surface area contributed by atoms with Crippen LogP contribution >= 0.6 is 0 Å². The van der Waals surface area contributed by atoms with Gasteiger partial charge in [-0.05, 0) is 24.6 Å². The Labute approximate surface area is 41.5 Å². The van der Waals surface area contributed by atoms with Crippen LogP contribution in [-0.4, -0.2) is 6.17 Å². The van der Waals surface area contributed by atoms with Gasteiger partial charge in [0.2, 0.25) is 0 Å². The Morgan fingerprint density at radius 1 is 1.29 bits per heavy atom. The molecule has 1 aliphatic rings. The van der Waals surface area contributed by atoms with E-state index in [1.807, 2.05) is 0 Å². The van der Waals surface area contributed by atoms with Crippen molar-refractivity contribution in [3.63, 3.8) is 0 Å². The van der Waals surface area contributed by atoms with Gasteiger partial charge in [0.1, 0.15) is 6.17 Å². The van der Waals surface area contributed by atoms with Crippen LogP contribution in [0.3, 0.4) is 0 Å². The van der Waals surface area contributed by atoms with Crippen molar-refractivity contribution in [2.75, 3.05) is 0 Å². The molecule has 0 aliphatic carbocycles. The summed E-state index contributed by atoms with van der Waals surface area (Å²) in [6.07, 6.45) is 5.15. The summed E-state index contributed by atoms with van der Waals surface area (Å²) >= 11 is 0. The second-order valence-electron chi connectivity index (χ2n) is 1.33. The lowest BCUT2D eigenvalue weighted by Crippen LogP contribution is -2.02. The number of rotatable bonds is 0. The van der Waals surface area contributed by atoms with Crippen LogP contribution in [0.25, 0.3) is 0 Å². The first-order valence-electron chi connectivity index (χ1n) is 2.13. The minimum Gasteiger partial charge on any atom is -0.368 e. The van der Waals surface area contributed by atoms with Gasteiger partial charge in [-0.3, -0.25) is 0 Å². The van der Waals surface area contributed by atoms with E-state index in [-0.39, 0.29) is 0 Å². The number of hydrogen-bond acceptors (Lipinski definition) is 1. The maximum Gasteiger partial charge on any atom is 0.140 e. The fourth-order valence-electron chi connectivity index (χ4n) is 0.415. The molecule has 0 saturated carbocycles. The van der Waals surface area contributed by atoms with E-state index < -0.39 is 6.17 Å². The van der Waals surface area contributed by atoms with Crippen molar-refractivity contribution in [2.24, 2.45) is 0 Å². The first kappa shape index (κ1) is 4.37. The van der Waals surface area contributed by atoms with Crippen molar-refractivity contribution < 1.29 is 4.39 Å². The molecule has 0 spiro atoms. The molecule has 38 valence electrons. The van der Waals surface area contributed by atoms with Crippen molar-refractivity contribution in [3.8, 4) is 0 Å². The molecule has 0 saturated heterocycles.